The first-order chi connectivity index (χ1) is 11.0. The van der Waals surface area contributed by atoms with Crippen molar-refractivity contribution >= 4 is 23.2 Å². The number of amides is 1. The summed E-state index contributed by atoms with van der Waals surface area (Å²) in [6, 6.07) is 0.0287. The number of nitrogens with zero attached hydrogens (tertiary/aromatic N) is 2. The van der Waals surface area contributed by atoms with Gasteiger partial charge in [-0.25, -0.2) is 9.78 Å². The third kappa shape index (κ3) is 2.95. The Balaban J connectivity index is 1.81. The number of aromatic nitrogens is 1. The molecule has 2 heterocycles. The summed E-state index contributed by atoms with van der Waals surface area (Å²) in [7, 11) is 0. The van der Waals surface area contributed by atoms with Crippen LogP contribution in [0.1, 0.15) is 36.5 Å². The predicted octanol–water partition coefficient (Wildman–Crippen LogP) is 2.95. The average Bonchev–Trinajstić information content (AvgIpc) is 3.14. The van der Waals surface area contributed by atoms with Gasteiger partial charge in [-0.2, -0.15) is 0 Å². The first kappa shape index (κ1) is 15.9. The van der Waals surface area contributed by atoms with Crippen molar-refractivity contribution < 1.29 is 14.7 Å². The maximum absolute atomic E-state index is 13.0. The number of allylic oxidation sites excluding steroid dienone is 2. The number of carboxylic acid groups (broad SMARTS) is 1. The van der Waals surface area contributed by atoms with Crippen molar-refractivity contribution in [3.8, 4) is 0 Å². The summed E-state index contributed by atoms with van der Waals surface area (Å²) >= 11 is 1.59. The largest absolute Gasteiger partial charge is 0.478 e. The quantitative estimate of drug-likeness (QED) is 0.924. The van der Waals surface area contributed by atoms with E-state index in [2.05, 4.69) is 4.98 Å². The number of aliphatic carboxylic acids is 1. The molecule has 0 bridgehead atoms. The highest BCUT2D eigenvalue weighted by atomic mass is 32.1. The molecule has 1 aliphatic carbocycles. The molecular formula is C17H20N2O3S. The number of carbonyl (C=O) groups is 2. The molecule has 0 aromatic carbocycles. The fourth-order valence-corrected chi connectivity index (χ4v) is 4.30. The van der Waals surface area contributed by atoms with Gasteiger partial charge in [0.25, 0.3) is 0 Å². The second-order valence-corrected chi connectivity index (χ2v) is 7.03. The van der Waals surface area contributed by atoms with Gasteiger partial charge in [0.2, 0.25) is 5.91 Å². The SMILES string of the molecule is Cc1csc(C2CCCN2C(=O)C2C=CC=C(C(=O)O)C2C)n1. The van der Waals surface area contributed by atoms with Gasteiger partial charge < -0.3 is 10.0 Å². The van der Waals surface area contributed by atoms with E-state index in [9.17, 15) is 14.7 Å². The zero-order chi connectivity index (χ0) is 16.6. The number of aryl methyl sites for hydroxylation is 1. The highest BCUT2D eigenvalue weighted by molar-refractivity contribution is 7.09. The fraction of sp³-hybridized carbons (Fsp3) is 0.471. The van der Waals surface area contributed by atoms with Crippen LogP contribution in [0.4, 0.5) is 0 Å². The number of hydrogen-bond acceptors (Lipinski definition) is 4. The average molecular weight is 332 g/mol. The fourth-order valence-electron chi connectivity index (χ4n) is 3.36. The summed E-state index contributed by atoms with van der Waals surface area (Å²) < 4.78 is 0. The molecule has 1 aromatic rings. The van der Waals surface area contributed by atoms with E-state index in [0.717, 1.165) is 23.5 Å². The first-order valence-electron chi connectivity index (χ1n) is 7.83. The zero-order valence-corrected chi connectivity index (χ0v) is 14.0. The lowest BCUT2D eigenvalue weighted by atomic mass is 9.82. The Labute approximate surface area is 139 Å². The third-order valence-corrected chi connectivity index (χ3v) is 5.68. The lowest BCUT2D eigenvalue weighted by Gasteiger charge is -2.30. The smallest absolute Gasteiger partial charge is 0.331 e. The van der Waals surface area contributed by atoms with Crippen molar-refractivity contribution in [2.45, 2.75) is 32.7 Å². The standard InChI is InChI=1S/C17H20N2O3S/c1-10-9-23-15(18-10)14-7-4-8-19(14)16(20)12-5-3-6-13(11(12)2)17(21)22/h3,5-6,9,11-12,14H,4,7-8H2,1-2H3,(H,21,22). The Morgan fingerprint density at radius 1 is 1.43 bits per heavy atom. The molecule has 0 saturated carbocycles. The number of likely N-dealkylation sites (tertiary alicyclic amines) is 1. The topological polar surface area (TPSA) is 70.5 Å². The summed E-state index contributed by atoms with van der Waals surface area (Å²) in [6.45, 7) is 4.48. The number of hydrogen-bond donors (Lipinski definition) is 1. The van der Waals surface area contributed by atoms with Gasteiger partial charge in [-0.3, -0.25) is 4.79 Å². The highest BCUT2D eigenvalue weighted by Crippen LogP contribution is 2.37. The molecule has 23 heavy (non-hydrogen) atoms. The Morgan fingerprint density at radius 3 is 2.87 bits per heavy atom. The molecule has 0 spiro atoms. The molecular weight excluding hydrogens is 312 g/mol. The van der Waals surface area contributed by atoms with Crippen LogP contribution < -0.4 is 0 Å². The summed E-state index contributed by atoms with van der Waals surface area (Å²) in [4.78, 5) is 30.7. The van der Waals surface area contributed by atoms with Crippen LogP contribution in [0.5, 0.6) is 0 Å². The Bertz CT molecular complexity index is 692. The van der Waals surface area contributed by atoms with Gasteiger partial charge in [-0.15, -0.1) is 11.3 Å². The van der Waals surface area contributed by atoms with E-state index < -0.39 is 11.9 Å². The van der Waals surface area contributed by atoms with Crippen LogP contribution in [0.15, 0.2) is 29.2 Å². The Morgan fingerprint density at radius 2 is 2.22 bits per heavy atom. The molecule has 3 unspecified atom stereocenters. The van der Waals surface area contributed by atoms with Crippen LogP contribution in [-0.2, 0) is 9.59 Å². The molecule has 2 aliphatic rings. The normalized spacial score (nSPS) is 27.1. The molecule has 3 atom stereocenters. The van der Waals surface area contributed by atoms with Crippen LogP contribution in [-0.4, -0.2) is 33.4 Å². The van der Waals surface area contributed by atoms with E-state index in [1.54, 1.807) is 23.5 Å². The van der Waals surface area contributed by atoms with Crippen molar-refractivity contribution in [1.82, 2.24) is 9.88 Å². The Kier molecular flexibility index (Phi) is 4.35. The second kappa shape index (κ2) is 6.28. The van der Waals surface area contributed by atoms with Crippen molar-refractivity contribution in [2.75, 3.05) is 6.54 Å². The molecule has 1 amide bonds. The summed E-state index contributed by atoms with van der Waals surface area (Å²) in [5.41, 5.74) is 1.28. The van der Waals surface area contributed by atoms with Crippen LogP contribution in [0.2, 0.25) is 0 Å². The summed E-state index contributed by atoms with van der Waals surface area (Å²) in [5, 5.41) is 12.3. The summed E-state index contributed by atoms with van der Waals surface area (Å²) in [6.07, 6.45) is 6.97. The van der Waals surface area contributed by atoms with Gasteiger partial charge in [0.15, 0.2) is 0 Å². The van der Waals surface area contributed by atoms with Crippen LogP contribution in [0, 0.1) is 18.8 Å². The van der Waals surface area contributed by atoms with Gasteiger partial charge >= 0.3 is 5.97 Å². The molecule has 5 nitrogen and oxygen atoms in total. The van der Waals surface area contributed by atoms with Crippen molar-refractivity contribution in [2.24, 2.45) is 11.8 Å². The molecule has 3 rings (SSSR count). The highest BCUT2D eigenvalue weighted by Gasteiger charge is 2.38. The maximum atomic E-state index is 13.0. The summed E-state index contributed by atoms with van der Waals surface area (Å²) in [5.74, 6) is -1.67. The predicted molar refractivity (Wildman–Crippen MR) is 88.1 cm³/mol. The van der Waals surface area contributed by atoms with Crippen molar-refractivity contribution in [3.63, 3.8) is 0 Å². The van der Waals surface area contributed by atoms with Crippen LogP contribution in [0.25, 0.3) is 0 Å². The third-order valence-electron chi connectivity index (χ3n) is 4.61. The molecule has 0 radical (unpaired) electrons. The van der Waals surface area contributed by atoms with Crippen LogP contribution in [0.3, 0.4) is 0 Å². The van der Waals surface area contributed by atoms with Gasteiger partial charge in [0.1, 0.15) is 5.01 Å². The van der Waals surface area contributed by atoms with Gasteiger partial charge in [-0.1, -0.05) is 25.2 Å². The lowest BCUT2D eigenvalue weighted by Crippen LogP contribution is -2.39. The van der Waals surface area contributed by atoms with E-state index in [-0.39, 0.29) is 17.9 Å². The van der Waals surface area contributed by atoms with Crippen molar-refractivity contribution in [3.05, 3.63) is 39.9 Å². The first-order valence-corrected chi connectivity index (χ1v) is 8.71. The van der Waals surface area contributed by atoms with E-state index in [4.69, 9.17) is 0 Å². The minimum Gasteiger partial charge on any atom is -0.478 e. The minimum atomic E-state index is -0.951. The van der Waals surface area contributed by atoms with E-state index in [0.29, 0.717) is 12.1 Å². The monoisotopic (exact) mass is 332 g/mol. The van der Waals surface area contributed by atoms with Crippen molar-refractivity contribution in [1.29, 1.82) is 0 Å². The number of carbonyl (C=O) groups excluding carboxylic acids is 1. The molecule has 1 fully saturated rings. The van der Waals surface area contributed by atoms with E-state index in [1.807, 2.05) is 30.2 Å². The molecule has 1 aliphatic heterocycles. The number of thiazole rings is 1. The Hall–Kier alpha value is -1.95. The maximum Gasteiger partial charge on any atom is 0.331 e. The van der Waals surface area contributed by atoms with Crippen LogP contribution >= 0.6 is 11.3 Å². The molecule has 122 valence electrons. The van der Waals surface area contributed by atoms with Gasteiger partial charge in [-0.05, 0) is 19.8 Å². The van der Waals surface area contributed by atoms with E-state index in [1.165, 1.54) is 0 Å². The lowest BCUT2D eigenvalue weighted by molar-refractivity contribution is -0.137. The number of rotatable bonds is 3. The minimum absolute atomic E-state index is 0.0101. The molecule has 1 aromatic heterocycles. The molecule has 1 N–H and O–H groups in total. The number of carboxylic acids is 1. The second-order valence-electron chi connectivity index (χ2n) is 6.14. The van der Waals surface area contributed by atoms with Gasteiger partial charge in [0, 0.05) is 29.1 Å². The van der Waals surface area contributed by atoms with E-state index >= 15 is 0 Å². The van der Waals surface area contributed by atoms with Gasteiger partial charge in [0.05, 0.1) is 12.0 Å². The molecule has 6 heteroatoms. The zero-order valence-electron chi connectivity index (χ0n) is 13.2. The molecule has 1 saturated heterocycles.